The molecule has 0 saturated carbocycles. The van der Waals surface area contributed by atoms with Gasteiger partial charge in [-0.1, -0.05) is 66.7 Å². The van der Waals surface area contributed by atoms with Gasteiger partial charge in [0.05, 0.1) is 31.1 Å². The highest BCUT2D eigenvalue weighted by Crippen LogP contribution is 2.21. The predicted octanol–water partition coefficient (Wildman–Crippen LogP) is 6.08. The number of para-hydroxylation sites is 2. The lowest BCUT2D eigenvalue weighted by Crippen LogP contribution is -2.26. The van der Waals surface area contributed by atoms with Crippen molar-refractivity contribution in [1.82, 2.24) is 14.9 Å². The zero-order chi connectivity index (χ0) is 26.9. The third-order valence-corrected chi connectivity index (χ3v) is 6.70. The summed E-state index contributed by atoms with van der Waals surface area (Å²) < 4.78 is 13.4. The number of nitrogens with one attached hydrogen (secondary N) is 1. The number of imidazole rings is 1. The Morgan fingerprint density at radius 2 is 1.51 bits per heavy atom. The Morgan fingerprint density at radius 3 is 2.28 bits per heavy atom. The zero-order valence-corrected chi connectivity index (χ0v) is 22.2. The predicted molar refractivity (Wildman–Crippen MR) is 155 cm³/mol. The molecule has 1 N–H and O–H groups in total. The Balaban J connectivity index is 1.12. The maximum atomic E-state index is 12.5. The summed E-state index contributed by atoms with van der Waals surface area (Å²) in [5.74, 6) is 2.64. The fourth-order valence-corrected chi connectivity index (χ4v) is 4.66. The number of nitrogens with zero attached hydrogens (tertiary/aromatic N) is 2. The summed E-state index contributed by atoms with van der Waals surface area (Å²) >= 11 is 0. The second-order valence-electron chi connectivity index (χ2n) is 9.39. The highest BCUT2D eigenvalue weighted by molar-refractivity contribution is 5.79. The van der Waals surface area contributed by atoms with Gasteiger partial charge in [-0.15, -0.1) is 0 Å². The van der Waals surface area contributed by atoms with Gasteiger partial charge >= 0.3 is 0 Å². The minimum Gasteiger partial charge on any atom is -0.497 e. The first kappa shape index (κ1) is 26.0. The van der Waals surface area contributed by atoms with Gasteiger partial charge in [-0.25, -0.2) is 4.98 Å². The number of hydrogen-bond acceptors (Lipinski definition) is 4. The van der Waals surface area contributed by atoms with Crippen molar-refractivity contribution in [2.45, 2.75) is 25.8 Å². The number of benzene rings is 4. The number of fused-ring (bicyclic) bond motifs is 1. The van der Waals surface area contributed by atoms with Crippen molar-refractivity contribution in [3.63, 3.8) is 0 Å². The number of aromatic nitrogens is 2. The van der Waals surface area contributed by atoms with Crippen LogP contribution in [0, 0.1) is 0 Å². The van der Waals surface area contributed by atoms with Gasteiger partial charge in [0.25, 0.3) is 0 Å². The summed E-state index contributed by atoms with van der Waals surface area (Å²) in [7, 11) is 1.65. The van der Waals surface area contributed by atoms with E-state index in [4.69, 9.17) is 14.5 Å². The second kappa shape index (κ2) is 12.8. The van der Waals surface area contributed by atoms with Crippen molar-refractivity contribution in [2.75, 3.05) is 20.3 Å². The van der Waals surface area contributed by atoms with Gasteiger partial charge in [0.2, 0.25) is 5.91 Å². The molecule has 6 heteroatoms. The highest BCUT2D eigenvalue weighted by atomic mass is 16.5. The molecule has 1 aromatic heterocycles. The Labute approximate surface area is 229 Å². The van der Waals surface area contributed by atoms with Crippen LogP contribution in [0.2, 0.25) is 0 Å². The van der Waals surface area contributed by atoms with Gasteiger partial charge in [0.15, 0.2) is 0 Å². The zero-order valence-electron chi connectivity index (χ0n) is 22.2. The largest absolute Gasteiger partial charge is 0.497 e. The van der Waals surface area contributed by atoms with E-state index in [9.17, 15) is 4.79 Å². The first-order valence-corrected chi connectivity index (χ1v) is 13.3. The summed E-state index contributed by atoms with van der Waals surface area (Å²) in [6.45, 7) is 1.82. The summed E-state index contributed by atoms with van der Waals surface area (Å²) in [4.78, 5) is 17.4. The number of carbonyl (C=O) groups is 1. The van der Waals surface area contributed by atoms with Crippen LogP contribution in [-0.2, 0) is 24.2 Å². The quantitative estimate of drug-likeness (QED) is 0.203. The van der Waals surface area contributed by atoms with E-state index in [2.05, 4.69) is 40.2 Å². The number of ether oxygens (including phenoxy) is 2. The Bertz CT molecular complexity index is 1490. The third kappa shape index (κ3) is 6.85. The molecule has 6 nitrogen and oxygen atoms in total. The lowest BCUT2D eigenvalue weighted by molar-refractivity contribution is -0.120. The van der Waals surface area contributed by atoms with Gasteiger partial charge < -0.3 is 19.4 Å². The van der Waals surface area contributed by atoms with Crippen molar-refractivity contribution < 1.29 is 14.3 Å². The average molecular weight is 520 g/mol. The number of hydrogen-bond donors (Lipinski definition) is 1. The van der Waals surface area contributed by atoms with E-state index in [1.807, 2.05) is 72.8 Å². The molecule has 39 heavy (non-hydrogen) atoms. The SMILES string of the molecule is COc1ccc(OCCn2c(CCCNC(=O)Cc3ccc(-c4ccccc4)cc3)nc3ccccc32)cc1. The minimum atomic E-state index is 0.0313. The van der Waals surface area contributed by atoms with E-state index in [1.54, 1.807) is 7.11 Å². The minimum absolute atomic E-state index is 0.0313. The maximum Gasteiger partial charge on any atom is 0.224 e. The van der Waals surface area contributed by atoms with Crippen LogP contribution in [0.4, 0.5) is 0 Å². The van der Waals surface area contributed by atoms with E-state index in [0.29, 0.717) is 26.1 Å². The fraction of sp³-hybridized carbons (Fsp3) is 0.212. The molecular formula is C33H33N3O3. The van der Waals surface area contributed by atoms with Crippen LogP contribution in [0.25, 0.3) is 22.2 Å². The van der Waals surface area contributed by atoms with Crippen molar-refractivity contribution in [3.05, 3.63) is 115 Å². The maximum absolute atomic E-state index is 12.5. The van der Waals surface area contributed by atoms with Gasteiger partial charge in [0.1, 0.15) is 23.9 Å². The van der Waals surface area contributed by atoms with E-state index in [-0.39, 0.29) is 5.91 Å². The molecule has 0 fully saturated rings. The second-order valence-corrected chi connectivity index (χ2v) is 9.39. The lowest BCUT2D eigenvalue weighted by atomic mass is 10.0. The first-order chi connectivity index (χ1) is 19.2. The van der Waals surface area contributed by atoms with Crippen LogP contribution in [-0.4, -0.2) is 35.7 Å². The van der Waals surface area contributed by atoms with E-state index in [0.717, 1.165) is 52.3 Å². The van der Waals surface area contributed by atoms with Gasteiger partial charge in [-0.3, -0.25) is 4.79 Å². The van der Waals surface area contributed by atoms with Gasteiger partial charge in [-0.05, 0) is 59.5 Å². The highest BCUT2D eigenvalue weighted by Gasteiger charge is 2.11. The number of amides is 1. The number of carbonyl (C=O) groups excluding carboxylic acids is 1. The molecule has 0 aliphatic rings. The van der Waals surface area contributed by atoms with Crippen LogP contribution in [0.15, 0.2) is 103 Å². The monoisotopic (exact) mass is 519 g/mol. The molecule has 1 amide bonds. The van der Waals surface area contributed by atoms with Crippen molar-refractivity contribution in [2.24, 2.45) is 0 Å². The Hall–Kier alpha value is -4.58. The van der Waals surface area contributed by atoms with Crippen LogP contribution in [0.5, 0.6) is 11.5 Å². The number of rotatable bonds is 12. The summed E-state index contributed by atoms with van der Waals surface area (Å²) in [5.41, 5.74) is 5.39. The van der Waals surface area contributed by atoms with Crippen LogP contribution in [0.3, 0.4) is 0 Å². The molecule has 0 bridgehead atoms. The van der Waals surface area contributed by atoms with Crippen LogP contribution < -0.4 is 14.8 Å². The molecule has 0 atom stereocenters. The summed E-state index contributed by atoms with van der Waals surface area (Å²) in [5, 5.41) is 3.06. The molecule has 5 rings (SSSR count). The van der Waals surface area contributed by atoms with E-state index in [1.165, 1.54) is 5.56 Å². The molecule has 1 heterocycles. The van der Waals surface area contributed by atoms with Crippen molar-refractivity contribution in [1.29, 1.82) is 0 Å². The van der Waals surface area contributed by atoms with Crippen LogP contribution in [0.1, 0.15) is 17.8 Å². The first-order valence-electron chi connectivity index (χ1n) is 13.3. The standard InChI is InChI=1S/C33H33N3O3/c1-38-28-17-19-29(20-18-28)39-23-22-36-31-11-6-5-10-30(31)35-32(36)12-7-21-34-33(37)24-25-13-15-27(16-14-25)26-8-3-2-4-9-26/h2-6,8-11,13-20H,7,12,21-24H2,1H3,(H,34,37). The average Bonchev–Trinajstić information content (AvgIpc) is 3.34. The third-order valence-electron chi connectivity index (χ3n) is 6.70. The molecule has 0 spiro atoms. The molecule has 198 valence electrons. The topological polar surface area (TPSA) is 65.4 Å². The molecule has 4 aromatic carbocycles. The summed E-state index contributed by atoms with van der Waals surface area (Å²) in [6.07, 6.45) is 1.95. The van der Waals surface area contributed by atoms with Crippen molar-refractivity contribution in [3.8, 4) is 22.6 Å². The Morgan fingerprint density at radius 1 is 0.821 bits per heavy atom. The molecule has 0 aliphatic heterocycles. The Kier molecular flexibility index (Phi) is 8.54. The molecule has 0 saturated heterocycles. The molecule has 5 aromatic rings. The molecule has 0 radical (unpaired) electrons. The normalized spacial score (nSPS) is 10.9. The van der Waals surface area contributed by atoms with Crippen molar-refractivity contribution >= 4 is 16.9 Å². The smallest absolute Gasteiger partial charge is 0.224 e. The number of methoxy groups -OCH3 is 1. The van der Waals surface area contributed by atoms with Crippen LogP contribution >= 0.6 is 0 Å². The molecular weight excluding hydrogens is 486 g/mol. The fourth-order valence-electron chi connectivity index (χ4n) is 4.66. The van der Waals surface area contributed by atoms with E-state index >= 15 is 0 Å². The lowest BCUT2D eigenvalue weighted by Gasteiger charge is -2.12. The molecule has 0 aliphatic carbocycles. The number of aryl methyl sites for hydroxylation is 1. The summed E-state index contributed by atoms with van der Waals surface area (Å²) in [6, 6.07) is 34.2. The van der Waals surface area contributed by atoms with E-state index < -0.39 is 0 Å². The molecule has 0 unspecified atom stereocenters. The van der Waals surface area contributed by atoms with Gasteiger partial charge in [0, 0.05) is 13.0 Å². The van der Waals surface area contributed by atoms with Gasteiger partial charge in [-0.2, -0.15) is 0 Å².